The van der Waals surface area contributed by atoms with Gasteiger partial charge in [0.1, 0.15) is 0 Å². The van der Waals surface area contributed by atoms with Crippen LogP contribution < -0.4 is 5.32 Å². The largest absolute Gasteiger partial charge is 0.394 e. The Morgan fingerprint density at radius 2 is 2.06 bits per heavy atom. The zero-order valence-corrected chi connectivity index (χ0v) is 10.8. The van der Waals surface area contributed by atoms with Gasteiger partial charge < -0.3 is 10.4 Å². The summed E-state index contributed by atoms with van der Waals surface area (Å²) >= 11 is 0. The second kappa shape index (κ2) is 5.33. The van der Waals surface area contributed by atoms with Gasteiger partial charge in [-0.2, -0.15) is 5.10 Å². The SMILES string of the molecule is Cc1[nH]ncc1CNC(C)(CO)c1ccccc1. The highest BCUT2D eigenvalue weighted by molar-refractivity contribution is 5.24. The number of aromatic nitrogens is 2. The number of H-pyrrole nitrogens is 1. The molecule has 0 radical (unpaired) electrons. The minimum Gasteiger partial charge on any atom is -0.394 e. The van der Waals surface area contributed by atoms with Crippen molar-refractivity contribution in [1.82, 2.24) is 15.5 Å². The standard InChI is InChI=1S/C14H19N3O/c1-11-12(9-16-17-11)8-15-14(2,10-18)13-6-4-3-5-7-13/h3-7,9,15,18H,8,10H2,1-2H3,(H,16,17). The van der Waals surface area contributed by atoms with Crippen LogP contribution in [-0.2, 0) is 12.1 Å². The van der Waals surface area contributed by atoms with Crippen molar-refractivity contribution < 1.29 is 5.11 Å². The van der Waals surface area contributed by atoms with Gasteiger partial charge in [-0.3, -0.25) is 5.10 Å². The maximum atomic E-state index is 9.65. The molecule has 1 heterocycles. The molecule has 1 unspecified atom stereocenters. The Balaban J connectivity index is 2.12. The highest BCUT2D eigenvalue weighted by Gasteiger charge is 2.24. The van der Waals surface area contributed by atoms with Crippen LogP contribution in [0.15, 0.2) is 36.5 Å². The van der Waals surface area contributed by atoms with E-state index in [1.54, 1.807) is 0 Å². The van der Waals surface area contributed by atoms with Crippen molar-refractivity contribution in [2.75, 3.05) is 6.61 Å². The maximum absolute atomic E-state index is 9.65. The lowest BCUT2D eigenvalue weighted by Crippen LogP contribution is -2.42. The minimum absolute atomic E-state index is 0.0495. The van der Waals surface area contributed by atoms with Crippen molar-refractivity contribution in [2.45, 2.75) is 25.9 Å². The average Bonchev–Trinajstić information content (AvgIpc) is 2.83. The van der Waals surface area contributed by atoms with Gasteiger partial charge in [0, 0.05) is 17.8 Å². The Hall–Kier alpha value is -1.65. The molecule has 2 rings (SSSR count). The predicted molar refractivity (Wildman–Crippen MR) is 71.0 cm³/mol. The molecule has 96 valence electrons. The lowest BCUT2D eigenvalue weighted by Gasteiger charge is -2.29. The van der Waals surface area contributed by atoms with Crippen LogP contribution in [0.3, 0.4) is 0 Å². The quantitative estimate of drug-likeness (QED) is 0.751. The third-order valence-corrected chi connectivity index (χ3v) is 3.33. The predicted octanol–water partition coefficient (Wildman–Crippen LogP) is 1.72. The van der Waals surface area contributed by atoms with Gasteiger partial charge in [-0.05, 0) is 19.4 Å². The number of nitrogens with one attached hydrogen (secondary N) is 2. The number of rotatable bonds is 5. The number of aliphatic hydroxyl groups is 1. The Morgan fingerprint density at radius 1 is 1.33 bits per heavy atom. The molecule has 0 saturated carbocycles. The molecule has 3 N–H and O–H groups in total. The van der Waals surface area contributed by atoms with E-state index in [2.05, 4.69) is 15.5 Å². The van der Waals surface area contributed by atoms with Crippen molar-refractivity contribution in [1.29, 1.82) is 0 Å². The van der Waals surface area contributed by atoms with Gasteiger partial charge in [-0.15, -0.1) is 0 Å². The minimum atomic E-state index is -0.440. The third kappa shape index (κ3) is 2.60. The first kappa shape index (κ1) is 12.8. The molecule has 4 nitrogen and oxygen atoms in total. The van der Waals surface area contributed by atoms with Crippen molar-refractivity contribution in [2.24, 2.45) is 0 Å². The second-order valence-corrected chi connectivity index (χ2v) is 4.73. The van der Waals surface area contributed by atoms with Gasteiger partial charge in [0.15, 0.2) is 0 Å². The van der Waals surface area contributed by atoms with Crippen LogP contribution in [0.1, 0.15) is 23.7 Å². The number of aliphatic hydroxyl groups excluding tert-OH is 1. The summed E-state index contributed by atoms with van der Waals surface area (Å²) in [5, 5.41) is 19.9. The van der Waals surface area contributed by atoms with Crippen molar-refractivity contribution in [3.8, 4) is 0 Å². The Kier molecular flexibility index (Phi) is 3.79. The fourth-order valence-electron chi connectivity index (χ4n) is 1.90. The van der Waals surface area contributed by atoms with E-state index >= 15 is 0 Å². The average molecular weight is 245 g/mol. The van der Waals surface area contributed by atoms with E-state index < -0.39 is 5.54 Å². The number of hydrogen-bond acceptors (Lipinski definition) is 3. The molecule has 4 heteroatoms. The second-order valence-electron chi connectivity index (χ2n) is 4.73. The van der Waals surface area contributed by atoms with Crippen LogP contribution in [0, 0.1) is 6.92 Å². The highest BCUT2D eigenvalue weighted by atomic mass is 16.3. The summed E-state index contributed by atoms with van der Waals surface area (Å²) in [4.78, 5) is 0. The normalized spacial score (nSPS) is 14.4. The monoisotopic (exact) mass is 245 g/mol. The maximum Gasteiger partial charge on any atom is 0.0652 e. The number of aromatic amines is 1. The van der Waals surface area contributed by atoms with Crippen LogP contribution in [0.25, 0.3) is 0 Å². The summed E-state index contributed by atoms with van der Waals surface area (Å²) in [5.74, 6) is 0. The van der Waals surface area contributed by atoms with E-state index in [4.69, 9.17) is 0 Å². The molecule has 0 fully saturated rings. The zero-order chi connectivity index (χ0) is 13.0. The number of aryl methyl sites for hydroxylation is 1. The molecular weight excluding hydrogens is 226 g/mol. The first-order chi connectivity index (χ1) is 8.65. The Morgan fingerprint density at radius 3 is 2.61 bits per heavy atom. The summed E-state index contributed by atoms with van der Waals surface area (Å²) in [6, 6.07) is 9.97. The first-order valence-corrected chi connectivity index (χ1v) is 6.06. The fraction of sp³-hybridized carbons (Fsp3) is 0.357. The van der Waals surface area contributed by atoms with Crippen LogP contribution in [0.4, 0.5) is 0 Å². The number of benzene rings is 1. The molecule has 2 aromatic rings. The van der Waals surface area contributed by atoms with E-state index in [0.717, 1.165) is 16.8 Å². The molecule has 1 atom stereocenters. The van der Waals surface area contributed by atoms with E-state index in [0.29, 0.717) is 6.54 Å². The molecule has 1 aromatic heterocycles. The number of nitrogens with zero attached hydrogens (tertiary/aromatic N) is 1. The molecule has 0 amide bonds. The zero-order valence-electron chi connectivity index (χ0n) is 10.8. The lowest BCUT2D eigenvalue weighted by molar-refractivity contribution is 0.173. The topological polar surface area (TPSA) is 60.9 Å². The summed E-state index contributed by atoms with van der Waals surface area (Å²) in [6.07, 6.45) is 1.81. The van der Waals surface area contributed by atoms with Crippen LogP contribution in [-0.4, -0.2) is 21.9 Å². The molecule has 0 saturated heterocycles. The van der Waals surface area contributed by atoms with Crippen LogP contribution in [0.5, 0.6) is 0 Å². The molecule has 18 heavy (non-hydrogen) atoms. The van der Waals surface area contributed by atoms with Gasteiger partial charge >= 0.3 is 0 Å². The third-order valence-electron chi connectivity index (χ3n) is 3.33. The van der Waals surface area contributed by atoms with Crippen LogP contribution in [0.2, 0.25) is 0 Å². The molecule has 0 bridgehead atoms. The van der Waals surface area contributed by atoms with Crippen LogP contribution >= 0.6 is 0 Å². The smallest absolute Gasteiger partial charge is 0.0652 e. The first-order valence-electron chi connectivity index (χ1n) is 6.06. The van der Waals surface area contributed by atoms with E-state index in [1.165, 1.54) is 0 Å². The van der Waals surface area contributed by atoms with E-state index in [-0.39, 0.29) is 6.61 Å². The molecular formula is C14H19N3O. The van der Waals surface area contributed by atoms with Gasteiger partial charge in [0.25, 0.3) is 0 Å². The van der Waals surface area contributed by atoms with Gasteiger partial charge in [-0.1, -0.05) is 30.3 Å². The van der Waals surface area contributed by atoms with Crippen molar-refractivity contribution in [3.63, 3.8) is 0 Å². The van der Waals surface area contributed by atoms with Gasteiger partial charge in [0.2, 0.25) is 0 Å². The highest BCUT2D eigenvalue weighted by Crippen LogP contribution is 2.20. The van der Waals surface area contributed by atoms with Crippen molar-refractivity contribution >= 4 is 0 Å². The summed E-state index contributed by atoms with van der Waals surface area (Å²) < 4.78 is 0. The fourth-order valence-corrected chi connectivity index (χ4v) is 1.90. The lowest BCUT2D eigenvalue weighted by atomic mass is 9.92. The van der Waals surface area contributed by atoms with Gasteiger partial charge in [-0.25, -0.2) is 0 Å². The van der Waals surface area contributed by atoms with Gasteiger partial charge in [0.05, 0.1) is 18.3 Å². The summed E-state index contributed by atoms with van der Waals surface area (Å²) in [5.41, 5.74) is 2.81. The van der Waals surface area contributed by atoms with E-state index in [9.17, 15) is 5.11 Å². The molecule has 0 aliphatic rings. The molecule has 0 aliphatic carbocycles. The van der Waals surface area contributed by atoms with E-state index in [1.807, 2.05) is 50.4 Å². The number of hydrogen-bond donors (Lipinski definition) is 3. The summed E-state index contributed by atoms with van der Waals surface area (Å²) in [7, 11) is 0. The molecule has 0 spiro atoms. The van der Waals surface area contributed by atoms with Crippen molar-refractivity contribution in [3.05, 3.63) is 53.3 Å². The Bertz CT molecular complexity index is 495. The molecule has 0 aliphatic heterocycles. The Labute approximate surface area is 107 Å². The molecule has 1 aromatic carbocycles. The summed E-state index contributed by atoms with van der Waals surface area (Å²) in [6.45, 7) is 4.71.